The number of benzene rings is 2. The Morgan fingerprint density at radius 2 is 1.89 bits per heavy atom. The minimum atomic E-state index is -4.22. The molecule has 0 aliphatic carbocycles. The summed E-state index contributed by atoms with van der Waals surface area (Å²) in [6.07, 6.45) is 1.53. The van der Waals surface area contributed by atoms with Crippen molar-refractivity contribution >= 4 is 15.8 Å². The van der Waals surface area contributed by atoms with Crippen LogP contribution in [0.25, 0.3) is 5.69 Å². The summed E-state index contributed by atoms with van der Waals surface area (Å²) < 4.78 is 55.4. The molecule has 0 saturated carbocycles. The number of hydrogen-bond acceptors (Lipinski definition) is 4. The first kappa shape index (κ1) is 18.9. The first-order valence-electron chi connectivity index (χ1n) is 7.87. The Hall–Kier alpha value is -2.91. The van der Waals surface area contributed by atoms with Crippen molar-refractivity contribution in [2.24, 2.45) is 0 Å². The van der Waals surface area contributed by atoms with Gasteiger partial charge in [0.1, 0.15) is 16.5 Å². The molecule has 1 heterocycles. The van der Waals surface area contributed by atoms with Gasteiger partial charge in [-0.15, -0.1) is 0 Å². The van der Waals surface area contributed by atoms with Gasteiger partial charge in [0.25, 0.3) is 0 Å². The SMILES string of the molecule is Cc1ccnn1-c1cc(F)cc(C(=O)CNS(=O)(=O)c2ccccc2F)c1. The molecule has 2 aromatic carbocycles. The highest BCUT2D eigenvalue weighted by Crippen LogP contribution is 2.16. The lowest BCUT2D eigenvalue weighted by Crippen LogP contribution is -2.30. The van der Waals surface area contributed by atoms with Crippen molar-refractivity contribution in [2.45, 2.75) is 11.8 Å². The molecule has 0 aliphatic rings. The van der Waals surface area contributed by atoms with Crippen molar-refractivity contribution in [2.75, 3.05) is 6.54 Å². The van der Waals surface area contributed by atoms with E-state index in [0.29, 0.717) is 5.69 Å². The summed E-state index contributed by atoms with van der Waals surface area (Å²) >= 11 is 0. The van der Waals surface area contributed by atoms with Crippen LogP contribution in [0.3, 0.4) is 0 Å². The van der Waals surface area contributed by atoms with Gasteiger partial charge in [-0.05, 0) is 43.3 Å². The quantitative estimate of drug-likeness (QED) is 0.655. The fraction of sp³-hybridized carbons (Fsp3) is 0.111. The molecule has 0 atom stereocenters. The van der Waals surface area contributed by atoms with Crippen molar-refractivity contribution in [1.29, 1.82) is 0 Å². The van der Waals surface area contributed by atoms with Crippen LogP contribution >= 0.6 is 0 Å². The first-order chi connectivity index (χ1) is 12.8. The van der Waals surface area contributed by atoms with Crippen LogP contribution in [-0.4, -0.2) is 30.5 Å². The largest absolute Gasteiger partial charge is 0.293 e. The van der Waals surface area contributed by atoms with Crippen LogP contribution in [0, 0.1) is 18.6 Å². The van der Waals surface area contributed by atoms with Gasteiger partial charge in [-0.25, -0.2) is 26.6 Å². The van der Waals surface area contributed by atoms with E-state index in [-0.39, 0.29) is 5.56 Å². The Morgan fingerprint density at radius 1 is 1.15 bits per heavy atom. The second kappa shape index (κ2) is 7.37. The average Bonchev–Trinajstić information content (AvgIpc) is 3.05. The van der Waals surface area contributed by atoms with Gasteiger partial charge in [0, 0.05) is 17.5 Å². The number of ketones is 1. The first-order valence-corrected chi connectivity index (χ1v) is 9.35. The van der Waals surface area contributed by atoms with Crippen LogP contribution in [0.2, 0.25) is 0 Å². The molecule has 0 unspecified atom stereocenters. The number of hydrogen-bond donors (Lipinski definition) is 1. The lowest BCUT2D eigenvalue weighted by Gasteiger charge is -2.09. The summed E-state index contributed by atoms with van der Waals surface area (Å²) in [5, 5.41) is 4.05. The molecule has 0 bridgehead atoms. The molecular weight excluding hydrogens is 376 g/mol. The molecule has 9 heteroatoms. The van der Waals surface area contributed by atoms with E-state index in [1.54, 1.807) is 13.0 Å². The number of nitrogens with zero attached hydrogens (tertiary/aromatic N) is 2. The number of nitrogens with one attached hydrogen (secondary N) is 1. The van der Waals surface area contributed by atoms with Gasteiger partial charge in [0.15, 0.2) is 5.78 Å². The van der Waals surface area contributed by atoms with E-state index in [4.69, 9.17) is 0 Å². The van der Waals surface area contributed by atoms with Gasteiger partial charge in [-0.3, -0.25) is 4.79 Å². The highest BCUT2D eigenvalue weighted by Gasteiger charge is 2.20. The predicted octanol–water partition coefficient (Wildman–Crippen LogP) is 2.62. The zero-order chi connectivity index (χ0) is 19.6. The molecule has 3 aromatic rings. The maximum absolute atomic E-state index is 13.9. The Labute approximate surface area is 154 Å². The van der Waals surface area contributed by atoms with Gasteiger partial charge in [0.05, 0.1) is 12.2 Å². The smallest absolute Gasteiger partial charge is 0.243 e. The normalized spacial score (nSPS) is 11.5. The molecular formula is C18H15F2N3O3S. The summed E-state index contributed by atoms with van der Waals surface area (Å²) in [6.45, 7) is 1.12. The van der Waals surface area contributed by atoms with Gasteiger partial charge >= 0.3 is 0 Å². The maximum Gasteiger partial charge on any atom is 0.243 e. The summed E-state index contributed by atoms with van der Waals surface area (Å²) in [5.74, 6) is -2.26. The second-order valence-electron chi connectivity index (χ2n) is 5.76. The highest BCUT2D eigenvalue weighted by atomic mass is 32.2. The lowest BCUT2D eigenvalue weighted by molar-refractivity contribution is 0.0996. The Balaban J connectivity index is 1.82. The molecule has 0 amide bonds. The van der Waals surface area contributed by atoms with Crippen molar-refractivity contribution in [3.63, 3.8) is 0 Å². The van der Waals surface area contributed by atoms with Crippen LogP contribution in [0.4, 0.5) is 8.78 Å². The van der Waals surface area contributed by atoms with E-state index in [9.17, 15) is 22.0 Å². The molecule has 0 fully saturated rings. The number of rotatable bonds is 6. The lowest BCUT2D eigenvalue weighted by atomic mass is 10.1. The van der Waals surface area contributed by atoms with Crippen LogP contribution in [0.5, 0.6) is 0 Å². The molecule has 0 spiro atoms. The van der Waals surface area contributed by atoms with E-state index in [1.165, 1.54) is 35.1 Å². The minimum absolute atomic E-state index is 0.0314. The zero-order valence-electron chi connectivity index (χ0n) is 14.2. The number of carbonyl (C=O) groups excluding carboxylic acids is 1. The Morgan fingerprint density at radius 3 is 2.56 bits per heavy atom. The third-order valence-corrected chi connectivity index (χ3v) is 5.26. The van der Waals surface area contributed by atoms with Gasteiger partial charge < -0.3 is 0 Å². The molecule has 1 aromatic heterocycles. The van der Waals surface area contributed by atoms with E-state index >= 15 is 0 Å². The standard InChI is InChI=1S/C18H15F2N3O3S/c1-12-6-7-21-23(12)15-9-13(8-14(19)10-15)17(24)11-22-27(25,26)18-5-3-2-4-16(18)20/h2-10,22H,11H2,1H3. The molecule has 3 rings (SSSR count). The molecule has 1 N–H and O–H groups in total. The molecule has 0 radical (unpaired) electrons. The maximum atomic E-state index is 13.9. The third kappa shape index (κ3) is 4.09. The summed E-state index contributed by atoms with van der Waals surface area (Å²) in [6, 6.07) is 10.1. The number of aryl methyl sites for hydroxylation is 1. The molecule has 6 nitrogen and oxygen atoms in total. The molecule has 140 valence electrons. The third-order valence-electron chi connectivity index (χ3n) is 3.83. The van der Waals surface area contributed by atoms with Crippen LogP contribution < -0.4 is 4.72 Å². The minimum Gasteiger partial charge on any atom is -0.293 e. The van der Waals surface area contributed by atoms with E-state index in [2.05, 4.69) is 5.10 Å². The summed E-state index contributed by atoms with van der Waals surface area (Å²) in [7, 11) is -4.22. The van der Waals surface area contributed by atoms with Crippen molar-refractivity contribution in [3.05, 3.63) is 77.6 Å². The van der Waals surface area contributed by atoms with Crippen molar-refractivity contribution in [3.8, 4) is 5.69 Å². The predicted molar refractivity (Wildman–Crippen MR) is 94.2 cm³/mol. The average molecular weight is 391 g/mol. The van der Waals surface area contributed by atoms with Gasteiger partial charge in [-0.1, -0.05) is 12.1 Å². The molecule has 27 heavy (non-hydrogen) atoms. The van der Waals surface area contributed by atoms with Crippen LogP contribution in [0.1, 0.15) is 16.1 Å². The second-order valence-corrected chi connectivity index (χ2v) is 7.50. The number of Topliss-reactive ketones (excluding diaryl/α,β-unsaturated/α-hetero) is 1. The van der Waals surface area contributed by atoms with Gasteiger partial charge in [0.2, 0.25) is 10.0 Å². The van der Waals surface area contributed by atoms with E-state index < -0.39 is 38.9 Å². The number of halogens is 2. The van der Waals surface area contributed by atoms with Crippen LogP contribution in [0.15, 0.2) is 59.6 Å². The fourth-order valence-electron chi connectivity index (χ4n) is 2.50. The van der Waals surface area contributed by atoms with Crippen molar-refractivity contribution < 1.29 is 22.0 Å². The number of aromatic nitrogens is 2. The van der Waals surface area contributed by atoms with Crippen molar-refractivity contribution in [1.82, 2.24) is 14.5 Å². The Kier molecular flexibility index (Phi) is 5.15. The number of sulfonamides is 1. The van der Waals surface area contributed by atoms with E-state index in [0.717, 1.165) is 23.9 Å². The topological polar surface area (TPSA) is 81.1 Å². The fourth-order valence-corrected chi connectivity index (χ4v) is 3.56. The number of carbonyl (C=O) groups is 1. The summed E-state index contributed by atoms with van der Waals surface area (Å²) in [5.41, 5.74) is 1.04. The highest BCUT2D eigenvalue weighted by molar-refractivity contribution is 7.89. The Bertz CT molecular complexity index is 1110. The molecule has 0 saturated heterocycles. The monoisotopic (exact) mass is 391 g/mol. The van der Waals surface area contributed by atoms with E-state index in [1.807, 2.05) is 4.72 Å². The summed E-state index contributed by atoms with van der Waals surface area (Å²) in [4.78, 5) is 11.8. The molecule has 0 aliphatic heterocycles. The zero-order valence-corrected chi connectivity index (χ0v) is 15.0. The van der Waals surface area contributed by atoms with Crippen LogP contribution in [-0.2, 0) is 10.0 Å². The van der Waals surface area contributed by atoms with Gasteiger partial charge in [-0.2, -0.15) is 5.10 Å².